The molecule has 1 heterocycles. The first-order chi connectivity index (χ1) is 12.6. The van der Waals surface area contributed by atoms with Crippen LogP contribution in [-0.4, -0.2) is 18.5 Å². The molecular weight excluding hydrogens is 425 g/mol. The van der Waals surface area contributed by atoms with E-state index in [0.29, 0.717) is 0 Å². The van der Waals surface area contributed by atoms with Gasteiger partial charge >= 0.3 is 50.6 Å². The van der Waals surface area contributed by atoms with E-state index in [1.54, 1.807) is 0 Å². The average molecular weight is 438 g/mol. The molecule has 0 radical (unpaired) electrons. The molecule has 0 unspecified atom stereocenters. The Morgan fingerprint density at radius 3 is 1.70 bits per heavy atom. The molecular formula is C18H13F3FeO4S. The molecule has 1 aliphatic rings. The summed E-state index contributed by atoms with van der Waals surface area (Å²) in [7, 11) is -6.09. The third kappa shape index (κ3) is 5.97. The second-order valence-electron chi connectivity index (χ2n) is 5.22. The number of benzene rings is 2. The Morgan fingerprint density at radius 1 is 0.963 bits per heavy atom. The maximum absolute atomic E-state index is 10.7. The Balaban J connectivity index is 0.000000161. The van der Waals surface area contributed by atoms with Crippen molar-refractivity contribution < 1.29 is 46.6 Å². The van der Waals surface area contributed by atoms with Crippen molar-refractivity contribution in [1.29, 1.82) is 0 Å². The van der Waals surface area contributed by atoms with Crippen molar-refractivity contribution in [3.05, 3.63) is 71.2 Å². The number of rotatable bonds is 0. The van der Waals surface area contributed by atoms with Crippen LogP contribution < -0.4 is 0 Å². The molecule has 1 aliphatic carbocycles. The predicted molar refractivity (Wildman–Crippen MR) is 91.3 cm³/mol. The van der Waals surface area contributed by atoms with E-state index in [1.165, 1.54) is 15.2 Å². The number of allylic oxidation sites excluding steroid dienone is 4. The number of furan rings is 1. The molecule has 4 nitrogen and oxygen atoms in total. The smallest absolute Gasteiger partial charge is 0.135 e. The van der Waals surface area contributed by atoms with Gasteiger partial charge in [-0.2, -0.15) is 13.2 Å². The van der Waals surface area contributed by atoms with Gasteiger partial charge < -0.3 is 8.97 Å². The summed E-state index contributed by atoms with van der Waals surface area (Å²) < 4.78 is 65.8. The summed E-state index contributed by atoms with van der Waals surface area (Å²) in [6.45, 7) is 0. The molecule has 0 saturated carbocycles. The maximum Gasteiger partial charge on any atom is 0.135 e. The van der Waals surface area contributed by atoms with Gasteiger partial charge in [-0.05, 0) is 12.1 Å². The number of alkyl halides is 3. The molecule has 3 aromatic rings. The molecule has 2 aromatic carbocycles. The van der Waals surface area contributed by atoms with Crippen LogP contribution in [0, 0.1) is 0 Å². The first-order valence-electron chi connectivity index (χ1n) is 7.48. The van der Waals surface area contributed by atoms with Crippen molar-refractivity contribution in [3.63, 3.8) is 0 Å². The van der Waals surface area contributed by atoms with Gasteiger partial charge in [0, 0.05) is 10.8 Å². The van der Waals surface area contributed by atoms with E-state index in [2.05, 4.69) is 34.2 Å². The summed E-state index contributed by atoms with van der Waals surface area (Å²) in [4.78, 5) is 0. The second kappa shape index (κ2) is 8.75. The van der Waals surface area contributed by atoms with E-state index < -0.39 is 15.6 Å². The fourth-order valence-corrected chi connectivity index (χ4v) is 2.33. The van der Waals surface area contributed by atoms with E-state index in [-0.39, 0.29) is 0 Å². The normalized spacial score (nSPS) is 13.6. The van der Waals surface area contributed by atoms with Crippen LogP contribution in [0.15, 0.2) is 75.6 Å². The Bertz CT molecular complexity index is 1030. The molecule has 0 bridgehead atoms. The van der Waals surface area contributed by atoms with E-state index in [4.69, 9.17) is 17.4 Å². The zero-order chi connectivity index (χ0) is 20.1. The first-order valence-corrected chi connectivity index (χ1v) is 9.44. The molecule has 0 aliphatic heterocycles. The molecule has 4 rings (SSSR count). The van der Waals surface area contributed by atoms with Gasteiger partial charge in [0.1, 0.15) is 11.2 Å². The SMILES string of the molecule is O=S(=O)([O-])C(F)(F)F.[Fe+][C]1=CC=CC1.c1ccc2c(c1)oc1ccccc12. The third-order valence-corrected chi connectivity index (χ3v) is 4.26. The predicted octanol–water partition coefficient (Wildman–Crippen LogP) is 5.01. The Hall–Kier alpha value is -2.06. The van der Waals surface area contributed by atoms with Crippen LogP contribution in [0.2, 0.25) is 0 Å². The van der Waals surface area contributed by atoms with E-state index in [9.17, 15) is 13.2 Å². The van der Waals surface area contributed by atoms with Crippen LogP contribution in [0.3, 0.4) is 0 Å². The molecule has 0 amide bonds. The molecule has 0 fully saturated rings. The quantitative estimate of drug-likeness (QED) is 0.281. The molecule has 27 heavy (non-hydrogen) atoms. The Kier molecular flexibility index (Phi) is 6.89. The number of hydrogen-bond acceptors (Lipinski definition) is 4. The summed E-state index contributed by atoms with van der Waals surface area (Å²) in [5.41, 5.74) is -3.72. The number of hydrogen-bond donors (Lipinski definition) is 0. The zero-order valence-corrected chi connectivity index (χ0v) is 15.5. The molecule has 0 spiro atoms. The summed E-state index contributed by atoms with van der Waals surface area (Å²) in [6, 6.07) is 16.2. The van der Waals surface area contributed by atoms with E-state index >= 15 is 0 Å². The van der Waals surface area contributed by atoms with Crippen LogP contribution in [-0.2, 0) is 26.1 Å². The Labute approximate surface area is 161 Å². The maximum atomic E-state index is 10.7. The molecule has 0 N–H and O–H groups in total. The molecule has 9 heteroatoms. The first kappa shape index (κ1) is 21.2. The Morgan fingerprint density at radius 2 is 1.41 bits per heavy atom. The molecule has 0 saturated heterocycles. The molecule has 0 atom stereocenters. The van der Waals surface area contributed by atoms with Crippen molar-refractivity contribution >= 4 is 32.1 Å². The van der Waals surface area contributed by atoms with Gasteiger partial charge in [-0.15, -0.1) is 0 Å². The minimum Gasteiger partial charge on any atom is -0.456 e. The number of fused-ring (bicyclic) bond motifs is 3. The topological polar surface area (TPSA) is 70.3 Å². The van der Waals surface area contributed by atoms with E-state index in [1.807, 2.05) is 48.6 Å². The van der Waals surface area contributed by atoms with E-state index in [0.717, 1.165) is 17.6 Å². The molecule has 1 aromatic heterocycles. The van der Waals surface area contributed by atoms with Crippen LogP contribution in [0.5, 0.6) is 0 Å². The van der Waals surface area contributed by atoms with Crippen molar-refractivity contribution in [2.75, 3.05) is 0 Å². The molecule has 144 valence electrons. The fourth-order valence-electron chi connectivity index (χ4n) is 2.09. The number of halogens is 3. The van der Waals surface area contributed by atoms with Gasteiger partial charge in [-0.1, -0.05) is 36.4 Å². The van der Waals surface area contributed by atoms with Gasteiger partial charge in [0.2, 0.25) is 0 Å². The van der Waals surface area contributed by atoms with Gasteiger partial charge in [0.25, 0.3) is 0 Å². The van der Waals surface area contributed by atoms with Crippen LogP contribution >= 0.6 is 0 Å². The summed E-state index contributed by atoms with van der Waals surface area (Å²) >= 11 is 3.74. The van der Waals surface area contributed by atoms with Crippen molar-refractivity contribution in [2.24, 2.45) is 0 Å². The van der Waals surface area contributed by atoms with Gasteiger partial charge in [-0.25, -0.2) is 8.42 Å². The van der Waals surface area contributed by atoms with Crippen LogP contribution in [0.4, 0.5) is 13.2 Å². The second-order valence-corrected chi connectivity index (χ2v) is 7.30. The summed E-state index contributed by atoms with van der Waals surface area (Å²) in [5, 5.41) is 2.39. The summed E-state index contributed by atoms with van der Waals surface area (Å²) in [5.74, 6) is 0. The minimum absolute atomic E-state index is 0.962. The standard InChI is InChI=1S/C12H8O.C5H5.CHF3O3S.Fe/c1-3-7-11-9(5-1)10-6-2-4-8-12(10)13-11;1-2-4-5-3-1;2-1(3,4)8(5,6)7;/h1-8H;1-3H,4H2;(H,5,6,7);/q;;;+1/p-1. The fraction of sp³-hybridized carbons (Fsp3) is 0.111. The van der Waals surface area contributed by atoms with Gasteiger partial charge in [0.15, 0.2) is 10.1 Å². The van der Waals surface area contributed by atoms with Gasteiger partial charge in [0.05, 0.1) is 0 Å². The zero-order valence-electron chi connectivity index (χ0n) is 13.6. The van der Waals surface area contributed by atoms with Crippen molar-refractivity contribution in [3.8, 4) is 0 Å². The monoisotopic (exact) mass is 438 g/mol. The minimum atomic E-state index is -6.09. The number of para-hydroxylation sites is 2. The van der Waals surface area contributed by atoms with Gasteiger partial charge in [-0.3, -0.25) is 0 Å². The van der Waals surface area contributed by atoms with Crippen LogP contribution in [0.1, 0.15) is 6.42 Å². The summed E-state index contributed by atoms with van der Waals surface area (Å²) in [6.07, 6.45) is 7.21. The van der Waals surface area contributed by atoms with Crippen molar-refractivity contribution in [2.45, 2.75) is 11.9 Å². The average Bonchev–Trinajstić information content (AvgIpc) is 3.20. The van der Waals surface area contributed by atoms with Crippen molar-refractivity contribution in [1.82, 2.24) is 0 Å². The van der Waals surface area contributed by atoms with Crippen LogP contribution in [0.25, 0.3) is 21.9 Å². The third-order valence-electron chi connectivity index (χ3n) is 3.28. The largest absolute Gasteiger partial charge is 0.456 e.